The normalized spacial score (nSPS) is 11.2. The Bertz CT molecular complexity index is 1120. The van der Waals surface area contributed by atoms with E-state index in [1.807, 2.05) is 30.3 Å². The summed E-state index contributed by atoms with van der Waals surface area (Å²) in [5, 5.41) is 8.43. The topological polar surface area (TPSA) is 83.3 Å². The van der Waals surface area contributed by atoms with Gasteiger partial charge in [0.2, 0.25) is 0 Å². The maximum atomic E-state index is 14.4. The molecule has 0 N–H and O–H groups in total. The van der Waals surface area contributed by atoms with E-state index in [1.165, 1.54) is 36.4 Å². The van der Waals surface area contributed by atoms with Crippen molar-refractivity contribution in [2.24, 2.45) is 0 Å². The largest absolute Gasteiger partial charge is 0.463 e. The molecule has 0 aliphatic heterocycles. The Morgan fingerprint density at radius 3 is 2.09 bits per heavy atom. The SMILES string of the molecule is CCOC(=O)/C=C/c1cc(F)cc(/C=C/C(=O)OCC)c1-c1cn(Cc2ccccc2)nn1. The highest BCUT2D eigenvalue weighted by Crippen LogP contribution is 2.30. The number of hydrogen-bond donors (Lipinski definition) is 0. The fourth-order valence-electron chi connectivity index (χ4n) is 3.17. The first kappa shape index (κ1) is 23.6. The van der Waals surface area contributed by atoms with Crippen molar-refractivity contribution in [1.82, 2.24) is 15.0 Å². The molecule has 0 spiro atoms. The number of aromatic nitrogens is 3. The summed E-state index contributed by atoms with van der Waals surface area (Å²) in [5.41, 5.74) is 2.78. The van der Waals surface area contributed by atoms with Crippen LogP contribution in [0.25, 0.3) is 23.4 Å². The van der Waals surface area contributed by atoms with Gasteiger partial charge in [0.05, 0.1) is 26.0 Å². The van der Waals surface area contributed by atoms with Crippen LogP contribution < -0.4 is 0 Å². The van der Waals surface area contributed by atoms with E-state index in [1.54, 1.807) is 24.7 Å². The molecule has 3 aromatic rings. The Labute approximate surface area is 191 Å². The first-order valence-corrected chi connectivity index (χ1v) is 10.5. The first-order valence-electron chi connectivity index (χ1n) is 10.5. The quantitative estimate of drug-likeness (QED) is 0.358. The summed E-state index contributed by atoms with van der Waals surface area (Å²) in [5.74, 6) is -1.64. The van der Waals surface area contributed by atoms with Crippen LogP contribution in [0.3, 0.4) is 0 Å². The van der Waals surface area contributed by atoms with Gasteiger partial charge in [0, 0.05) is 17.7 Å². The van der Waals surface area contributed by atoms with E-state index >= 15 is 0 Å². The van der Waals surface area contributed by atoms with Crippen molar-refractivity contribution in [2.45, 2.75) is 20.4 Å². The fourth-order valence-corrected chi connectivity index (χ4v) is 3.17. The summed E-state index contributed by atoms with van der Waals surface area (Å²) in [7, 11) is 0. The van der Waals surface area contributed by atoms with Crippen molar-refractivity contribution in [3.8, 4) is 11.3 Å². The van der Waals surface area contributed by atoms with Gasteiger partial charge in [-0.1, -0.05) is 35.5 Å². The highest BCUT2D eigenvalue weighted by Gasteiger charge is 2.15. The van der Waals surface area contributed by atoms with Crippen LogP contribution in [0.2, 0.25) is 0 Å². The molecule has 0 aliphatic carbocycles. The molecule has 0 saturated carbocycles. The minimum Gasteiger partial charge on any atom is -0.463 e. The van der Waals surface area contributed by atoms with Crippen LogP contribution in [-0.4, -0.2) is 40.1 Å². The summed E-state index contributed by atoms with van der Waals surface area (Å²) in [6.07, 6.45) is 7.07. The molecule has 7 nitrogen and oxygen atoms in total. The molecular weight excluding hydrogens is 425 g/mol. The zero-order chi connectivity index (χ0) is 23.6. The Kier molecular flexibility index (Phi) is 8.24. The Hall–Kier alpha value is -4.07. The van der Waals surface area contributed by atoms with E-state index in [2.05, 4.69) is 10.3 Å². The van der Waals surface area contributed by atoms with E-state index in [9.17, 15) is 14.0 Å². The molecule has 0 bridgehead atoms. The monoisotopic (exact) mass is 449 g/mol. The van der Waals surface area contributed by atoms with Crippen molar-refractivity contribution in [2.75, 3.05) is 13.2 Å². The van der Waals surface area contributed by atoms with E-state index in [0.717, 1.165) is 5.56 Å². The molecule has 0 unspecified atom stereocenters. The van der Waals surface area contributed by atoms with Crippen LogP contribution in [0.1, 0.15) is 30.5 Å². The van der Waals surface area contributed by atoms with Crippen molar-refractivity contribution >= 4 is 24.1 Å². The molecule has 0 radical (unpaired) electrons. The van der Waals surface area contributed by atoms with E-state index < -0.39 is 17.8 Å². The smallest absolute Gasteiger partial charge is 0.330 e. The molecule has 0 amide bonds. The number of nitrogens with zero attached hydrogens (tertiary/aromatic N) is 3. The molecule has 0 aliphatic rings. The second-order valence-electron chi connectivity index (χ2n) is 6.92. The van der Waals surface area contributed by atoms with Gasteiger partial charge in [0.1, 0.15) is 11.5 Å². The Balaban J connectivity index is 2.04. The van der Waals surface area contributed by atoms with Gasteiger partial charge in [0.25, 0.3) is 0 Å². The molecule has 0 fully saturated rings. The molecule has 170 valence electrons. The summed E-state index contributed by atoms with van der Waals surface area (Å²) >= 11 is 0. The Morgan fingerprint density at radius 2 is 1.55 bits per heavy atom. The van der Waals surface area contributed by atoms with Gasteiger partial charge in [-0.15, -0.1) is 5.10 Å². The minimum atomic E-state index is -0.552. The number of ether oxygens (including phenoxy) is 2. The van der Waals surface area contributed by atoms with E-state index in [0.29, 0.717) is 28.9 Å². The lowest BCUT2D eigenvalue weighted by atomic mass is 9.97. The van der Waals surface area contributed by atoms with Gasteiger partial charge in [-0.3, -0.25) is 0 Å². The van der Waals surface area contributed by atoms with Gasteiger partial charge >= 0.3 is 11.9 Å². The van der Waals surface area contributed by atoms with Crippen LogP contribution >= 0.6 is 0 Å². The highest BCUT2D eigenvalue weighted by atomic mass is 19.1. The molecule has 1 heterocycles. The fraction of sp³-hybridized carbons (Fsp3) is 0.200. The third-order valence-electron chi connectivity index (χ3n) is 4.52. The van der Waals surface area contributed by atoms with Gasteiger partial charge in [0.15, 0.2) is 0 Å². The number of rotatable bonds is 9. The average Bonchev–Trinajstić information content (AvgIpc) is 3.25. The lowest BCUT2D eigenvalue weighted by molar-refractivity contribution is -0.138. The zero-order valence-electron chi connectivity index (χ0n) is 18.4. The standard InChI is InChI=1S/C25H24FN3O4/c1-3-32-23(30)12-10-19-14-21(26)15-20(11-13-24(31)33-4-2)25(19)22-17-29(28-27-22)16-18-8-6-5-7-9-18/h5-15,17H,3-4,16H2,1-2H3/b12-10+,13-11+. The van der Waals surface area contributed by atoms with Gasteiger partial charge in [-0.05, 0) is 54.8 Å². The second kappa shape index (κ2) is 11.5. The zero-order valence-corrected chi connectivity index (χ0v) is 18.4. The van der Waals surface area contributed by atoms with Crippen LogP contribution in [0.4, 0.5) is 4.39 Å². The van der Waals surface area contributed by atoms with Gasteiger partial charge in [-0.25, -0.2) is 18.7 Å². The summed E-state index contributed by atoms with van der Waals surface area (Å²) in [4.78, 5) is 23.6. The molecule has 33 heavy (non-hydrogen) atoms. The third-order valence-corrected chi connectivity index (χ3v) is 4.52. The van der Waals surface area contributed by atoms with Gasteiger partial charge in [-0.2, -0.15) is 0 Å². The molecule has 0 atom stereocenters. The number of esters is 2. The predicted octanol–water partition coefficient (Wildman–Crippen LogP) is 4.29. The second-order valence-corrected chi connectivity index (χ2v) is 6.92. The first-order chi connectivity index (χ1) is 16.0. The molecule has 8 heteroatoms. The average molecular weight is 449 g/mol. The summed E-state index contributed by atoms with van der Waals surface area (Å²) in [6.45, 7) is 4.34. The van der Waals surface area contributed by atoms with Crippen LogP contribution in [0.5, 0.6) is 0 Å². The lowest BCUT2D eigenvalue weighted by Crippen LogP contribution is -2.00. The van der Waals surface area contributed by atoms with Crippen molar-refractivity contribution in [3.63, 3.8) is 0 Å². The number of hydrogen-bond acceptors (Lipinski definition) is 6. The van der Waals surface area contributed by atoms with E-state index in [-0.39, 0.29) is 13.2 Å². The summed E-state index contributed by atoms with van der Waals surface area (Å²) < 4.78 is 25.9. The molecule has 1 aromatic heterocycles. The van der Waals surface area contributed by atoms with Crippen molar-refractivity contribution in [3.05, 3.63) is 83.3 Å². The number of halogens is 1. The van der Waals surface area contributed by atoms with Crippen molar-refractivity contribution < 1.29 is 23.5 Å². The number of benzene rings is 2. The molecule has 3 rings (SSSR count). The maximum Gasteiger partial charge on any atom is 0.330 e. The van der Waals surface area contributed by atoms with Crippen LogP contribution in [0, 0.1) is 5.82 Å². The lowest BCUT2D eigenvalue weighted by Gasteiger charge is -2.09. The third kappa shape index (κ3) is 6.70. The Morgan fingerprint density at radius 1 is 0.970 bits per heavy atom. The predicted molar refractivity (Wildman–Crippen MR) is 122 cm³/mol. The minimum absolute atomic E-state index is 0.223. The highest BCUT2D eigenvalue weighted by molar-refractivity contribution is 5.92. The molecule has 0 saturated heterocycles. The van der Waals surface area contributed by atoms with E-state index in [4.69, 9.17) is 9.47 Å². The maximum absolute atomic E-state index is 14.4. The molecule has 2 aromatic carbocycles. The summed E-state index contributed by atoms with van der Waals surface area (Å²) in [6, 6.07) is 12.3. The van der Waals surface area contributed by atoms with Gasteiger partial charge < -0.3 is 9.47 Å². The number of carbonyl (C=O) groups is 2. The van der Waals surface area contributed by atoms with Crippen LogP contribution in [-0.2, 0) is 25.6 Å². The van der Waals surface area contributed by atoms with Crippen molar-refractivity contribution in [1.29, 1.82) is 0 Å². The molecular formula is C25H24FN3O4. The number of carbonyl (C=O) groups excluding carboxylic acids is 2. The van der Waals surface area contributed by atoms with Crippen LogP contribution in [0.15, 0.2) is 60.8 Å².